The number of rotatable bonds is 8. The molecule has 0 amide bonds. The van der Waals surface area contributed by atoms with Crippen LogP contribution in [0.1, 0.15) is 58.8 Å². The molecule has 0 heterocycles. The van der Waals surface area contributed by atoms with E-state index in [4.69, 9.17) is 5.11 Å². The molecule has 0 unspecified atom stereocenters. The van der Waals surface area contributed by atoms with Gasteiger partial charge in [0, 0.05) is 0 Å². The number of unbranched alkanes of at least 4 members (excludes halogenated alkanes) is 4. The zero-order chi connectivity index (χ0) is 14.3. The number of allylic oxidation sites excluding steroid dienone is 1. The number of aliphatic hydroxyl groups excluding tert-OH is 2. The molecule has 2 atom stereocenters. The molecule has 0 fully saturated rings. The smallest absolute Gasteiger partial charge is 0.115 e. The van der Waals surface area contributed by atoms with Crippen LogP contribution in [0, 0.1) is 23.7 Å². The summed E-state index contributed by atoms with van der Waals surface area (Å²) >= 11 is 0. The third-order valence-electron chi connectivity index (χ3n) is 2.77. The normalized spacial score (nSPS) is 13.3. The highest BCUT2D eigenvalue weighted by atomic mass is 16.3. The monoisotopic (exact) mass is 262 g/mol. The Bertz CT molecular complexity index is 349. The first-order valence-electron chi connectivity index (χ1n) is 7.24. The summed E-state index contributed by atoms with van der Waals surface area (Å²) in [6, 6.07) is 0. The SMILES string of the molecule is CCCCCCC[C@@H](O)C=CC#CC#C[C@@H](O)CC. The van der Waals surface area contributed by atoms with Crippen LogP contribution in [-0.2, 0) is 0 Å². The maximum atomic E-state index is 9.66. The van der Waals surface area contributed by atoms with Gasteiger partial charge in [0.1, 0.15) is 6.10 Å². The molecule has 0 radical (unpaired) electrons. The molecule has 2 heteroatoms. The van der Waals surface area contributed by atoms with Crippen LogP contribution in [0.5, 0.6) is 0 Å². The zero-order valence-electron chi connectivity index (χ0n) is 12.2. The van der Waals surface area contributed by atoms with Gasteiger partial charge in [-0.25, -0.2) is 0 Å². The van der Waals surface area contributed by atoms with Crippen LogP contribution >= 0.6 is 0 Å². The van der Waals surface area contributed by atoms with Crippen molar-refractivity contribution in [2.45, 2.75) is 71.0 Å². The topological polar surface area (TPSA) is 40.5 Å². The third-order valence-corrected chi connectivity index (χ3v) is 2.77. The van der Waals surface area contributed by atoms with Crippen molar-refractivity contribution >= 4 is 0 Å². The maximum absolute atomic E-state index is 9.66. The summed E-state index contributed by atoms with van der Waals surface area (Å²) in [5, 5.41) is 18.8. The summed E-state index contributed by atoms with van der Waals surface area (Å²) in [5.74, 6) is 10.5. The van der Waals surface area contributed by atoms with Gasteiger partial charge in [0.05, 0.1) is 6.10 Å². The van der Waals surface area contributed by atoms with Crippen molar-refractivity contribution in [2.75, 3.05) is 0 Å². The molecule has 0 saturated heterocycles. The molecule has 0 rings (SSSR count). The summed E-state index contributed by atoms with van der Waals surface area (Å²) in [4.78, 5) is 0. The number of aliphatic hydroxyl groups is 2. The Morgan fingerprint density at radius 1 is 1.00 bits per heavy atom. The van der Waals surface area contributed by atoms with Gasteiger partial charge in [0.2, 0.25) is 0 Å². The minimum Gasteiger partial charge on any atom is -0.389 e. The number of hydrogen-bond donors (Lipinski definition) is 2. The molecule has 106 valence electrons. The Morgan fingerprint density at radius 2 is 1.74 bits per heavy atom. The lowest BCUT2D eigenvalue weighted by Crippen LogP contribution is -2.01. The molecular formula is C17H26O2. The lowest BCUT2D eigenvalue weighted by atomic mass is 10.1. The molecule has 0 aliphatic heterocycles. The van der Waals surface area contributed by atoms with E-state index in [1.54, 1.807) is 12.2 Å². The van der Waals surface area contributed by atoms with Crippen LogP contribution in [0.4, 0.5) is 0 Å². The minimum absolute atomic E-state index is 0.412. The van der Waals surface area contributed by atoms with Crippen LogP contribution in [-0.4, -0.2) is 22.4 Å². The molecule has 19 heavy (non-hydrogen) atoms. The summed E-state index contributed by atoms with van der Waals surface area (Å²) in [7, 11) is 0. The highest BCUT2D eigenvalue weighted by molar-refractivity contribution is 5.31. The van der Waals surface area contributed by atoms with E-state index >= 15 is 0 Å². The molecule has 0 aliphatic carbocycles. The molecular weight excluding hydrogens is 236 g/mol. The number of hydrogen-bond acceptors (Lipinski definition) is 2. The van der Waals surface area contributed by atoms with Crippen molar-refractivity contribution in [1.82, 2.24) is 0 Å². The first-order chi connectivity index (χ1) is 9.20. The second-order valence-electron chi connectivity index (χ2n) is 4.59. The molecule has 0 aromatic carbocycles. The molecule has 2 nitrogen and oxygen atoms in total. The Balaban J connectivity index is 3.74. The third kappa shape index (κ3) is 13.0. The predicted molar refractivity (Wildman–Crippen MR) is 80.4 cm³/mol. The minimum atomic E-state index is -0.591. The van der Waals surface area contributed by atoms with E-state index in [1.807, 2.05) is 6.92 Å². The summed E-state index contributed by atoms with van der Waals surface area (Å²) < 4.78 is 0. The van der Waals surface area contributed by atoms with Gasteiger partial charge < -0.3 is 10.2 Å². The highest BCUT2D eigenvalue weighted by Crippen LogP contribution is 2.07. The highest BCUT2D eigenvalue weighted by Gasteiger charge is 1.97. The molecule has 0 aromatic heterocycles. The Kier molecular flexibility index (Phi) is 12.4. The van der Waals surface area contributed by atoms with Crippen LogP contribution in [0.15, 0.2) is 12.2 Å². The Hall–Kier alpha value is -1.22. The van der Waals surface area contributed by atoms with Crippen molar-refractivity contribution < 1.29 is 10.2 Å². The zero-order valence-corrected chi connectivity index (χ0v) is 12.2. The van der Waals surface area contributed by atoms with Gasteiger partial charge >= 0.3 is 0 Å². The molecule has 0 aromatic rings. The van der Waals surface area contributed by atoms with Gasteiger partial charge in [0.25, 0.3) is 0 Å². The second kappa shape index (κ2) is 13.2. The van der Waals surface area contributed by atoms with Crippen LogP contribution < -0.4 is 0 Å². The Labute approximate surface area is 117 Å². The summed E-state index contributed by atoms with van der Waals surface area (Å²) in [6.07, 6.45) is 9.75. The van der Waals surface area contributed by atoms with Gasteiger partial charge in [0.15, 0.2) is 0 Å². The molecule has 0 spiro atoms. The van der Waals surface area contributed by atoms with E-state index in [1.165, 1.54) is 25.7 Å². The van der Waals surface area contributed by atoms with E-state index in [-0.39, 0.29) is 0 Å². The van der Waals surface area contributed by atoms with Crippen molar-refractivity contribution in [2.24, 2.45) is 0 Å². The summed E-state index contributed by atoms with van der Waals surface area (Å²) in [6.45, 7) is 4.06. The van der Waals surface area contributed by atoms with E-state index in [0.29, 0.717) is 6.42 Å². The van der Waals surface area contributed by atoms with Crippen LogP contribution in [0.2, 0.25) is 0 Å². The quantitative estimate of drug-likeness (QED) is 0.521. The van der Waals surface area contributed by atoms with Crippen LogP contribution in [0.3, 0.4) is 0 Å². The van der Waals surface area contributed by atoms with Crippen molar-refractivity contribution in [3.8, 4) is 23.7 Å². The van der Waals surface area contributed by atoms with E-state index in [0.717, 1.165) is 12.8 Å². The largest absolute Gasteiger partial charge is 0.389 e. The molecule has 2 N–H and O–H groups in total. The molecule has 0 aliphatic rings. The molecule has 0 saturated carbocycles. The van der Waals surface area contributed by atoms with E-state index in [9.17, 15) is 5.11 Å². The van der Waals surface area contributed by atoms with Gasteiger partial charge in [-0.2, -0.15) is 0 Å². The predicted octanol–water partition coefficient (Wildman–Crippen LogP) is 3.04. The van der Waals surface area contributed by atoms with Gasteiger partial charge in [-0.3, -0.25) is 0 Å². The van der Waals surface area contributed by atoms with Gasteiger partial charge in [-0.05, 0) is 36.8 Å². The van der Waals surface area contributed by atoms with E-state index < -0.39 is 12.2 Å². The average molecular weight is 262 g/mol. The molecule has 0 bridgehead atoms. The van der Waals surface area contributed by atoms with Crippen molar-refractivity contribution in [3.05, 3.63) is 12.2 Å². The lowest BCUT2D eigenvalue weighted by Gasteiger charge is -2.03. The van der Waals surface area contributed by atoms with Gasteiger partial charge in [-0.15, -0.1) is 0 Å². The fourth-order valence-corrected chi connectivity index (χ4v) is 1.51. The van der Waals surface area contributed by atoms with Crippen molar-refractivity contribution in [3.63, 3.8) is 0 Å². The first-order valence-corrected chi connectivity index (χ1v) is 7.24. The lowest BCUT2D eigenvalue weighted by molar-refractivity contribution is 0.208. The second-order valence-corrected chi connectivity index (χ2v) is 4.59. The van der Waals surface area contributed by atoms with Gasteiger partial charge in [-0.1, -0.05) is 57.8 Å². The van der Waals surface area contributed by atoms with E-state index in [2.05, 4.69) is 30.6 Å². The van der Waals surface area contributed by atoms with Crippen molar-refractivity contribution in [1.29, 1.82) is 0 Å². The summed E-state index contributed by atoms with van der Waals surface area (Å²) in [5.41, 5.74) is 0. The standard InChI is InChI=1S/C17H26O2/c1-3-5-6-7-11-14-17(19)15-12-9-8-10-13-16(18)4-2/h12,15-19H,3-7,11,14H2,1-2H3/t16-,17+/m0/s1. The Morgan fingerprint density at radius 3 is 2.42 bits per heavy atom. The van der Waals surface area contributed by atoms with Crippen LogP contribution in [0.25, 0.3) is 0 Å². The first kappa shape index (κ1) is 17.8. The maximum Gasteiger partial charge on any atom is 0.115 e. The fourth-order valence-electron chi connectivity index (χ4n) is 1.51. The fraction of sp³-hybridized carbons (Fsp3) is 0.647. The average Bonchev–Trinajstić information content (AvgIpc) is 2.42.